The summed E-state index contributed by atoms with van der Waals surface area (Å²) in [7, 11) is 0. The van der Waals surface area contributed by atoms with Gasteiger partial charge >= 0.3 is 12.1 Å². The molecule has 0 heterocycles. The Morgan fingerprint density at radius 3 is 2.46 bits per heavy atom. The van der Waals surface area contributed by atoms with E-state index < -0.39 is 41.9 Å². The number of benzene rings is 1. The van der Waals surface area contributed by atoms with Gasteiger partial charge in [0.2, 0.25) is 5.91 Å². The molecule has 134 valence electrons. The molecule has 0 aromatic heterocycles. The summed E-state index contributed by atoms with van der Waals surface area (Å²) in [5.41, 5.74) is -1.51. The molecule has 0 saturated carbocycles. The average molecular weight is 367 g/mol. The number of aliphatic carboxylic acids is 1. The van der Waals surface area contributed by atoms with E-state index >= 15 is 0 Å². The number of halogens is 4. The number of carboxylic acids is 1. The molecule has 0 aliphatic rings. The molecule has 9 heteroatoms. The van der Waals surface area contributed by atoms with Crippen molar-refractivity contribution in [2.75, 3.05) is 11.9 Å². The maximum absolute atomic E-state index is 12.9. The Hall–Kier alpha value is -1.80. The minimum absolute atomic E-state index is 0.110. The number of carbonyl (C=O) groups is 2. The molecule has 1 aromatic rings. The van der Waals surface area contributed by atoms with Gasteiger partial charge in [0.05, 0.1) is 17.8 Å². The predicted octanol–water partition coefficient (Wildman–Crippen LogP) is 3.39. The van der Waals surface area contributed by atoms with Crippen molar-refractivity contribution in [2.45, 2.75) is 32.5 Å². The van der Waals surface area contributed by atoms with Gasteiger partial charge in [-0.1, -0.05) is 31.9 Å². The van der Waals surface area contributed by atoms with E-state index in [0.717, 1.165) is 6.07 Å². The highest BCUT2D eigenvalue weighted by Crippen LogP contribution is 2.36. The third-order valence-electron chi connectivity index (χ3n) is 3.52. The monoisotopic (exact) mass is 366 g/mol. The van der Waals surface area contributed by atoms with E-state index in [1.54, 1.807) is 13.8 Å². The van der Waals surface area contributed by atoms with Crippen LogP contribution in [-0.2, 0) is 15.8 Å². The second-order valence-corrected chi connectivity index (χ2v) is 5.75. The van der Waals surface area contributed by atoms with Crippen molar-refractivity contribution in [1.29, 1.82) is 0 Å². The number of rotatable bonds is 7. The topological polar surface area (TPSA) is 78.4 Å². The van der Waals surface area contributed by atoms with Crippen LogP contribution in [0.25, 0.3) is 0 Å². The summed E-state index contributed by atoms with van der Waals surface area (Å²) in [6.45, 7) is 3.07. The first-order chi connectivity index (χ1) is 11.1. The van der Waals surface area contributed by atoms with Crippen LogP contribution < -0.4 is 10.6 Å². The van der Waals surface area contributed by atoms with Crippen LogP contribution in [0, 0.1) is 5.92 Å². The van der Waals surface area contributed by atoms with Crippen LogP contribution in [-0.4, -0.2) is 29.6 Å². The van der Waals surface area contributed by atoms with Crippen LogP contribution >= 0.6 is 11.6 Å². The molecule has 0 saturated heterocycles. The highest BCUT2D eigenvalue weighted by molar-refractivity contribution is 6.30. The quantitative estimate of drug-likeness (QED) is 0.691. The lowest BCUT2D eigenvalue weighted by Crippen LogP contribution is -2.45. The molecule has 0 spiro atoms. The van der Waals surface area contributed by atoms with Gasteiger partial charge in [-0.05, 0) is 24.1 Å². The lowest BCUT2D eigenvalue weighted by atomic mass is 9.99. The normalized spacial score (nSPS) is 14.1. The smallest absolute Gasteiger partial charge is 0.418 e. The second kappa shape index (κ2) is 8.34. The Bertz CT molecular complexity index is 608. The van der Waals surface area contributed by atoms with Crippen LogP contribution in [0.1, 0.15) is 25.8 Å². The van der Waals surface area contributed by atoms with E-state index in [1.807, 2.05) is 0 Å². The maximum Gasteiger partial charge on any atom is 0.418 e. The van der Waals surface area contributed by atoms with Crippen molar-refractivity contribution in [3.8, 4) is 0 Å². The minimum Gasteiger partial charge on any atom is -0.480 e. The fraction of sp³-hybridized carbons (Fsp3) is 0.467. The van der Waals surface area contributed by atoms with Crippen LogP contribution in [0.5, 0.6) is 0 Å². The lowest BCUT2D eigenvalue weighted by molar-refractivity contribution is -0.141. The van der Waals surface area contributed by atoms with Gasteiger partial charge in [0.25, 0.3) is 0 Å². The first-order valence-electron chi connectivity index (χ1n) is 7.19. The van der Waals surface area contributed by atoms with Gasteiger partial charge in [-0.2, -0.15) is 13.2 Å². The molecule has 0 fully saturated rings. The molecular weight excluding hydrogens is 349 g/mol. The number of anilines is 1. The standard InChI is InChI=1S/C15H18ClF3N2O3/c1-3-8(2)13(14(23)24)20-7-12(22)21-11-5-4-9(16)6-10(11)15(17,18)19/h4-6,8,13,20H,3,7H2,1-2H3,(H,21,22)(H,23,24)/t8-,13-/m0/s1. The van der Waals surface area contributed by atoms with Crippen molar-refractivity contribution in [1.82, 2.24) is 5.32 Å². The highest BCUT2D eigenvalue weighted by atomic mass is 35.5. The van der Waals surface area contributed by atoms with Gasteiger partial charge in [-0.3, -0.25) is 14.9 Å². The Kier molecular flexibility index (Phi) is 7.04. The summed E-state index contributed by atoms with van der Waals surface area (Å²) in [5, 5.41) is 13.7. The Labute approximate surface area is 142 Å². The molecule has 0 unspecified atom stereocenters. The summed E-state index contributed by atoms with van der Waals surface area (Å²) >= 11 is 5.56. The average Bonchev–Trinajstić information content (AvgIpc) is 2.47. The zero-order valence-electron chi connectivity index (χ0n) is 13.1. The third kappa shape index (κ3) is 5.68. The van der Waals surface area contributed by atoms with Crippen LogP contribution in [0.15, 0.2) is 18.2 Å². The summed E-state index contributed by atoms with van der Waals surface area (Å²) in [6.07, 6.45) is -4.11. The molecule has 24 heavy (non-hydrogen) atoms. The van der Waals surface area contributed by atoms with E-state index in [2.05, 4.69) is 10.6 Å². The molecule has 1 amide bonds. The predicted molar refractivity (Wildman–Crippen MR) is 84.0 cm³/mol. The van der Waals surface area contributed by atoms with Crippen LogP contribution in [0.2, 0.25) is 5.02 Å². The maximum atomic E-state index is 12.9. The van der Waals surface area contributed by atoms with Crippen molar-refractivity contribution >= 4 is 29.2 Å². The number of carbonyl (C=O) groups excluding carboxylic acids is 1. The molecule has 5 nitrogen and oxygen atoms in total. The number of hydrogen-bond donors (Lipinski definition) is 3. The van der Waals surface area contributed by atoms with Crippen molar-refractivity contribution in [3.63, 3.8) is 0 Å². The molecule has 0 radical (unpaired) electrons. The minimum atomic E-state index is -4.68. The van der Waals surface area contributed by atoms with Crippen molar-refractivity contribution in [3.05, 3.63) is 28.8 Å². The fourth-order valence-corrected chi connectivity index (χ4v) is 2.20. The molecule has 1 aromatic carbocycles. The Morgan fingerprint density at radius 2 is 1.96 bits per heavy atom. The lowest BCUT2D eigenvalue weighted by Gasteiger charge is -2.20. The van der Waals surface area contributed by atoms with E-state index in [0.29, 0.717) is 12.5 Å². The molecule has 1 rings (SSSR count). The molecular formula is C15H18ClF3N2O3. The van der Waals surface area contributed by atoms with Crippen LogP contribution in [0.3, 0.4) is 0 Å². The third-order valence-corrected chi connectivity index (χ3v) is 3.76. The van der Waals surface area contributed by atoms with Gasteiger partial charge in [0, 0.05) is 5.02 Å². The number of hydrogen-bond acceptors (Lipinski definition) is 3. The van der Waals surface area contributed by atoms with E-state index in [4.69, 9.17) is 16.7 Å². The zero-order chi connectivity index (χ0) is 18.5. The summed E-state index contributed by atoms with van der Waals surface area (Å²) in [6, 6.07) is 2.02. The number of alkyl halides is 3. The van der Waals surface area contributed by atoms with Gasteiger partial charge < -0.3 is 10.4 Å². The van der Waals surface area contributed by atoms with Gasteiger partial charge in [0.1, 0.15) is 6.04 Å². The number of carboxylic acid groups (broad SMARTS) is 1. The first kappa shape index (κ1) is 20.2. The number of amides is 1. The molecule has 0 bridgehead atoms. The molecule has 2 atom stereocenters. The van der Waals surface area contributed by atoms with Gasteiger partial charge in [-0.25, -0.2) is 0 Å². The molecule has 3 N–H and O–H groups in total. The van der Waals surface area contributed by atoms with E-state index in [-0.39, 0.29) is 10.9 Å². The van der Waals surface area contributed by atoms with Crippen LogP contribution in [0.4, 0.5) is 18.9 Å². The molecule has 0 aliphatic heterocycles. The SMILES string of the molecule is CC[C@H](C)[C@H](NCC(=O)Nc1ccc(Cl)cc1C(F)(F)F)C(=O)O. The largest absolute Gasteiger partial charge is 0.480 e. The zero-order valence-corrected chi connectivity index (χ0v) is 13.8. The van der Waals surface area contributed by atoms with Gasteiger partial charge in [0.15, 0.2) is 0 Å². The first-order valence-corrected chi connectivity index (χ1v) is 7.56. The van der Waals surface area contributed by atoms with Crippen molar-refractivity contribution in [2.24, 2.45) is 5.92 Å². The number of nitrogens with one attached hydrogen (secondary N) is 2. The second-order valence-electron chi connectivity index (χ2n) is 5.32. The summed E-state index contributed by atoms with van der Waals surface area (Å²) in [5.74, 6) is -2.14. The van der Waals surface area contributed by atoms with Crippen molar-refractivity contribution < 1.29 is 27.9 Å². The fourth-order valence-electron chi connectivity index (χ4n) is 2.02. The summed E-state index contributed by atoms with van der Waals surface area (Å²) < 4.78 is 38.8. The Morgan fingerprint density at radius 1 is 1.33 bits per heavy atom. The highest BCUT2D eigenvalue weighted by Gasteiger charge is 2.34. The van der Waals surface area contributed by atoms with E-state index in [9.17, 15) is 22.8 Å². The van der Waals surface area contributed by atoms with Gasteiger partial charge in [-0.15, -0.1) is 0 Å². The summed E-state index contributed by atoms with van der Waals surface area (Å²) in [4.78, 5) is 23.0. The molecule has 0 aliphatic carbocycles. The Balaban J connectivity index is 2.80. The van der Waals surface area contributed by atoms with E-state index in [1.165, 1.54) is 6.07 Å².